The molecule has 0 N–H and O–H groups in total. The molecule has 1 saturated carbocycles. The Hall–Kier alpha value is -2.41. The van der Waals surface area contributed by atoms with Crippen LogP contribution in [0.2, 0.25) is 0 Å². The molecule has 1 aliphatic heterocycles. The Kier molecular flexibility index (Phi) is 5.58. The second-order valence-corrected chi connectivity index (χ2v) is 10.5. The number of likely N-dealkylation sites (tertiary alicyclic amines) is 1. The molecule has 164 valence electrons. The van der Waals surface area contributed by atoms with Crippen LogP contribution in [-0.4, -0.2) is 47.5 Å². The van der Waals surface area contributed by atoms with E-state index in [2.05, 4.69) is 15.9 Å². The van der Waals surface area contributed by atoms with E-state index < -0.39 is 23.7 Å². The number of esters is 1. The normalized spacial score (nSPS) is 19.5. The molecule has 7 heteroatoms. The highest BCUT2D eigenvalue weighted by atomic mass is 79.9. The predicted octanol–water partition coefficient (Wildman–Crippen LogP) is 5.12. The van der Waals surface area contributed by atoms with E-state index in [1.165, 1.54) is 4.90 Å². The summed E-state index contributed by atoms with van der Waals surface area (Å²) in [5, 5.41) is 1.94. The monoisotopic (exact) mass is 487 g/mol. The van der Waals surface area contributed by atoms with Crippen molar-refractivity contribution in [1.29, 1.82) is 0 Å². The molecule has 1 saturated heterocycles. The third-order valence-electron chi connectivity index (χ3n) is 5.84. The van der Waals surface area contributed by atoms with Crippen molar-refractivity contribution >= 4 is 44.5 Å². The first kappa shape index (κ1) is 21.8. The van der Waals surface area contributed by atoms with E-state index in [0.29, 0.717) is 18.5 Å². The second kappa shape index (κ2) is 7.93. The van der Waals surface area contributed by atoms with Gasteiger partial charge in [0, 0.05) is 16.6 Å². The minimum Gasteiger partial charge on any atom is -0.456 e. The highest BCUT2D eigenvalue weighted by molar-refractivity contribution is 9.10. The molecule has 2 aromatic rings. The number of benzene rings is 2. The van der Waals surface area contributed by atoms with Crippen LogP contribution >= 0.6 is 15.9 Å². The summed E-state index contributed by atoms with van der Waals surface area (Å²) >= 11 is 3.43. The van der Waals surface area contributed by atoms with Crippen LogP contribution in [0.3, 0.4) is 0 Å². The van der Waals surface area contributed by atoms with E-state index in [1.54, 1.807) is 32.9 Å². The number of hydrogen-bond acceptors (Lipinski definition) is 5. The lowest BCUT2D eigenvalue weighted by atomic mass is 10.0. The van der Waals surface area contributed by atoms with Gasteiger partial charge in [-0.2, -0.15) is 0 Å². The lowest BCUT2D eigenvalue weighted by molar-refractivity contribution is -0.147. The molecule has 1 heterocycles. The van der Waals surface area contributed by atoms with Crippen LogP contribution in [0, 0.1) is 5.41 Å². The number of nitrogens with zero attached hydrogens (tertiary/aromatic N) is 1. The van der Waals surface area contributed by atoms with Crippen LogP contribution in [0.25, 0.3) is 10.8 Å². The quantitative estimate of drug-likeness (QED) is 0.442. The first-order chi connectivity index (χ1) is 14.6. The standard InChI is InChI=1S/C24H26BrNO5/c1-23(2,3)31-22(29)26-14-24(8-9-24)12-19(26)21(28)30-13-20(27)17-5-4-16-11-18(25)7-6-15(16)10-17/h4-7,10-11,19H,8-9,12-14H2,1-3H3. The number of amides is 1. The lowest BCUT2D eigenvalue weighted by Gasteiger charge is -2.27. The zero-order valence-corrected chi connectivity index (χ0v) is 19.5. The highest BCUT2D eigenvalue weighted by Gasteiger charge is 2.56. The molecule has 0 bridgehead atoms. The third kappa shape index (κ3) is 4.92. The van der Waals surface area contributed by atoms with E-state index >= 15 is 0 Å². The highest BCUT2D eigenvalue weighted by Crippen LogP contribution is 2.55. The molecule has 2 aromatic carbocycles. The number of carbonyl (C=O) groups is 3. The number of hydrogen-bond donors (Lipinski definition) is 0. The van der Waals surface area contributed by atoms with Gasteiger partial charge in [-0.1, -0.05) is 34.1 Å². The van der Waals surface area contributed by atoms with Crippen molar-refractivity contribution in [3.05, 3.63) is 46.4 Å². The predicted molar refractivity (Wildman–Crippen MR) is 120 cm³/mol. The SMILES string of the molecule is CC(C)(C)OC(=O)N1CC2(CC2)CC1C(=O)OCC(=O)c1ccc2cc(Br)ccc2c1. The average Bonchev–Trinajstić information content (AvgIpc) is 3.33. The van der Waals surface area contributed by atoms with Gasteiger partial charge in [-0.3, -0.25) is 9.69 Å². The van der Waals surface area contributed by atoms with Gasteiger partial charge in [0.1, 0.15) is 11.6 Å². The molecule has 1 atom stereocenters. The summed E-state index contributed by atoms with van der Waals surface area (Å²) in [6.07, 6.45) is 2.03. The molecule has 4 rings (SSSR count). The van der Waals surface area contributed by atoms with Crippen LogP contribution in [-0.2, 0) is 14.3 Å². The number of halogens is 1. The number of fused-ring (bicyclic) bond motifs is 1. The lowest BCUT2D eigenvalue weighted by Crippen LogP contribution is -2.44. The molecule has 0 radical (unpaired) electrons. The maximum Gasteiger partial charge on any atom is 0.411 e. The summed E-state index contributed by atoms with van der Waals surface area (Å²) in [5.74, 6) is -0.825. The topological polar surface area (TPSA) is 72.9 Å². The van der Waals surface area contributed by atoms with Gasteiger partial charge >= 0.3 is 12.1 Å². The Morgan fingerprint density at radius 3 is 2.45 bits per heavy atom. The van der Waals surface area contributed by atoms with Crippen LogP contribution in [0.4, 0.5) is 4.79 Å². The van der Waals surface area contributed by atoms with Crippen molar-refractivity contribution in [2.24, 2.45) is 5.41 Å². The summed E-state index contributed by atoms with van der Waals surface area (Å²) in [6, 6.07) is 10.5. The number of ketones is 1. The molecular formula is C24H26BrNO5. The van der Waals surface area contributed by atoms with Crippen LogP contribution < -0.4 is 0 Å². The van der Waals surface area contributed by atoms with Gasteiger partial charge in [-0.05, 0) is 74.4 Å². The summed E-state index contributed by atoms with van der Waals surface area (Å²) in [6.45, 7) is 5.52. The number of ether oxygens (including phenoxy) is 2. The Morgan fingerprint density at radius 1 is 1.10 bits per heavy atom. The molecule has 1 unspecified atom stereocenters. The fourth-order valence-electron chi connectivity index (χ4n) is 4.02. The maximum atomic E-state index is 12.8. The van der Waals surface area contributed by atoms with Crippen molar-refractivity contribution in [3.63, 3.8) is 0 Å². The minimum atomic E-state index is -0.709. The van der Waals surface area contributed by atoms with Gasteiger partial charge in [-0.25, -0.2) is 9.59 Å². The molecule has 6 nitrogen and oxygen atoms in total. The Balaban J connectivity index is 1.41. The first-order valence-corrected chi connectivity index (χ1v) is 11.2. The first-order valence-electron chi connectivity index (χ1n) is 10.4. The van der Waals surface area contributed by atoms with Crippen molar-refractivity contribution in [1.82, 2.24) is 4.90 Å². The molecule has 1 aliphatic carbocycles. The van der Waals surface area contributed by atoms with Crippen molar-refractivity contribution in [2.75, 3.05) is 13.2 Å². The van der Waals surface area contributed by atoms with Gasteiger partial charge in [0.2, 0.25) is 0 Å². The summed E-state index contributed by atoms with van der Waals surface area (Å²) in [4.78, 5) is 39.5. The number of Topliss-reactive ketones (excluding diaryl/α,β-unsaturated/α-hetero) is 1. The van der Waals surface area contributed by atoms with Crippen LogP contribution in [0.5, 0.6) is 0 Å². The van der Waals surface area contributed by atoms with Crippen LogP contribution in [0.15, 0.2) is 40.9 Å². The largest absolute Gasteiger partial charge is 0.456 e. The third-order valence-corrected chi connectivity index (χ3v) is 6.33. The molecule has 1 spiro atoms. The maximum absolute atomic E-state index is 12.8. The van der Waals surface area contributed by atoms with E-state index in [1.807, 2.05) is 24.3 Å². The van der Waals surface area contributed by atoms with Gasteiger partial charge in [0.25, 0.3) is 0 Å². The molecular weight excluding hydrogens is 462 g/mol. The average molecular weight is 488 g/mol. The summed E-state index contributed by atoms with van der Waals surface area (Å²) in [5.41, 5.74) is -0.166. The van der Waals surface area contributed by atoms with Crippen LogP contribution in [0.1, 0.15) is 50.4 Å². The van der Waals surface area contributed by atoms with Gasteiger partial charge < -0.3 is 9.47 Å². The molecule has 1 amide bonds. The van der Waals surface area contributed by atoms with Gasteiger partial charge in [0.15, 0.2) is 12.4 Å². The fraction of sp³-hybridized carbons (Fsp3) is 0.458. The number of rotatable bonds is 4. The van der Waals surface area contributed by atoms with Crippen molar-refractivity contribution in [3.8, 4) is 0 Å². The van der Waals surface area contributed by atoms with E-state index in [-0.39, 0.29) is 17.8 Å². The minimum absolute atomic E-state index is 0.00276. The fourth-order valence-corrected chi connectivity index (χ4v) is 4.40. The zero-order valence-electron chi connectivity index (χ0n) is 17.9. The van der Waals surface area contributed by atoms with Crippen molar-refractivity contribution < 1.29 is 23.9 Å². The van der Waals surface area contributed by atoms with Gasteiger partial charge in [0.05, 0.1) is 0 Å². The van der Waals surface area contributed by atoms with E-state index in [9.17, 15) is 14.4 Å². The Labute approximate surface area is 190 Å². The van der Waals surface area contributed by atoms with Crippen molar-refractivity contribution in [2.45, 2.75) is 51.7 Å². The summed E-state index contributed by atoms with van der Waals surface area (Å²) < 4.78 is 11.8. The molecule has 2 fully saturated rings. The smallest absolute Gasteiger partial charge is 0.411 e. The van der Waals surface area contributed by atoms with E-state index in [4.69, 9.17) is 9.47 Å². The van der Waals surface area contributed by atoms with E-state index in [0.717, 1.165) is 28.1 Å². The van der Waals surface area contributed by atoms with Gasteiger partial charge in [-0.15, -0.1) is 0 Å². The Morgan fingerprint density at radius 2 is 1.77 bits per heavy atom. The Bertz CT molecular complexity index is 1050. The zero-order chi connectivity index (χ0) is 22.4. The molecule has 0 aromatic heterocycles. The second-order valence-electron chi connectivity index (χ2n) is 9.57. The molecule has 31 heavy (non-hydrogen) atoms. The molecule has 2 aliphatic rings. The summed E-state index contributed by atoms with van der Waals surface area (Å²) in [7, 11) is 0. The number of carbonyl (C=O) groups excluding carboxylic acids is 3.